The van der Waals surface area contributed by atoms with Crippen LogP contribution in [0.5, 0.6) is 0 Å². The number of methoxy groups -OCH3 is 1. The highest BCUT2D eigenvalue weighted by atomic mass is 16.5. The molecule has 21 heavy (non-hydrogen) atoms. The second kappa shape index (κ2) is 8.80. The van der Waals surface area contributed by atoms with Gasteiger partial charge < -0.3 is 9.64 Å². The molecule has 1 unspecified atom stereocenters. The van der Waals surface area contributed by atoms with E-state index in [0.29, 0.717) is 0 Å². The van der Waals surface area contributed by atoms with Crippen molar-refractivity contribution in [2.75, 3.05) is 33.3 Å². The SMILES string of the molecule is CCN(CC)CCNC(C(=O)OC)c1ccc(C)cc1C. The Balaban J connectivity index is 2.79. The smallest absolute Gasteiger partial charge is 0.327 e. The summed E-state index contributed by atoms with van der Waals surface area (Å²) in [7, 11) is 1.44. The molecule has 0 saturated carbocycles. The fourth-order valence-electron chi connectivity index (χ4n) is 2.49. The van der Waals surface area contributed by atoms with Crippen LogP contribution in [0.3, 0.4) is 0 Å². The number of rotatable bonds is 8. The van der Waals surface area contributed by atoms with Gasteiger partial charge in [0.2, 0.25) is 0 Å². The average molecular weight is 292 g/mol. The topological polar surface area (TPSA) is 41.6 Å². The first-order chi connectivity index (χ1) is 10.0. The fourth-order valence-corrected chi connectivity index (χ4v) is 2.49. The zero-order valence-corrected chi connectivity index (χ0v) is 13.9. The van der Waals surface area contributed by atoms with Crippen molar-refractivity contribution in [1.82, 2.24) is 10.2 Å². The Morgan fingerprint density at radius 2 is 1.95 bits per heavy atom. The molecule has 1 N–H and O–H groups in total. The van der Waals surface area contributed by atoms with Crippen LogP contribution >= 0.6 is 0 Å². The summed E-state index contributed by atoms with van der Waals surface area (Å²) < 4.78 is 4.95. The molecule has 4 nitrogen and oxygen atoms in total. The number of esters is 1. The van der Waals surface area contributed by atoms with Gasteiger partial charge in [0, 0.05) is 13.1 Å². The number of likely N-dealkylation sites (N-methyl/N-ethyl adjacent to an activating group) is 1. The molecule has 1 aromatic rings. The second-order valence-electron chi connectivity index (χ2n) is 5.30. The molecular weight excluding hydrogens is 264 g/mol. The number of aryl methyl sites for hydroxylation is 2. The first-order valence-corrected chi connectivity index (χ1v) is 7.64. The minimum Gasteiger partial charge on any atom is -0.468 e. The molecule has 1 atom stereocenters. The summed E-state index contributed by atoms with van der Waals surface area (Å²) in [5, 5.41) is 3.33. The van der Waals surface area contributed by atoms with Crippen molar-refractivity contribution in [2.24, 2.45) is 0 Å². The predicted octanol–water partition coefficient (Wildman–Crippen LogP) is 2.45. The first-order valence-electron chi connectivity index (χ1n) is 7.64. The van der Waals surface area contributed by atoms with Crippen LogP contribution in [-0.4, -0.2) is 44.2 Å². The van der Waals surface area contributed by atoms with E-state index in [2.05, 4.69) is 37.1 Å². The first kappa shape index (κ1) is 17.7. The number of benzene rings is 1. The molecule has 0 amide bonds. The lowest BCUT2D eigenvalue weighted by Crippen LogP contribution is -2.37. The maximum atomic E-state index is 12.1. The molecule has 0 bridgehead atoms. The van der Waals surface area contributed by atoms with Crippen molar-refractivity contribution in [3.8, 4) is 0 Å². The maximum absolute atomic E-state index is 12.1. The Morgan fingerprint density at radius 1 is 1.29 bits per heavy atom. The molecule has 0 heterocycles. The summed E-state index contributed by atoms with van der Waals surface area (Å²) in [6, 6.07) is 5.74. The summed E-state index contributed by atoms with van der Waals surface area (Å²) in [5.74, 6) is -0.235. The molecule has 118 valence electrons. The molecule has 0 spiro atoms. The van der Waals surface area contributed by atoms with Gasteiger partial charge in [-0.1, -0.05) is 37.6 Å². The van der Waals surface area contributed by atoms with Crippen LogP contribution in [0.1, 0.15) is 36.6 Å². The molecule has 0 fully saturated rings. The highest BCUT2D eigenvalue weighted by Gasteiger charge is 2.22. The van der Waals surface area contributed by atoms with Crippen molar-refractivity contribution in [1.29, 1.82) is 0 Å². The lowest BCUT2D eigenvalue weighted by molar-refractivity contribution is -0.143. The molecule has 0 aromatic heterocycles. The summed E-state index contributed by atoms with van der Waals surface area (Å²) in [6.07, 6.45) is 0. The van der Waals surface area contributed by atoms with Gasteiger partial charge in [0.1, 0.15) is 6.04 Å². The van der Waals surface area contributed by atoms with Crippen LogP contribution in [0.15, 0.2) is 18.2 Å². The zero-order valence-electron chi connectivity index (χ0n) is 13.9. The number of hydrogen-bond acceptors (Lipinski definition) is 4. The van der Waals surface area contributed by atoms with Gasteiger partial charge >= 0.3 is 5.97 Å². The van der Waals surface area contributed by atoms with E-state index in [9.17, 15) is 4.79 Å². The van der Waals surface area contributed by atoms with E-state index >= 15 is 0 Å². The van der Waals surface area contributed by atoms with E-state index in [4.69, 9.17) is 4.74 Å². The summed E-state index contributed by atoms with van der Waals surface area (Å²) in [4.78, 5) is 14.4. The van der Waals surface area contributed by atoms with Gasteiger partial charge in [0.05, 0.1) is 7.11 Å². The van der Waals surface area contributed by atoms with E-state index < -0.39 is 6.04 Å². The lowest BCUT2D eigenvalue weighted by Gasteiger charge is -2.22. The van der Waals surface area contributed by atoms with E-state index in [0.717, 1.165) is 37.3 Å². The normalized spacial score (nSPS) is 12.5. The van der Waals surface area contributed by atoms with E-state index in [1.807, 2.05) is 19.1 Å². The number of ether oxygens (including phenoxy) is 1. The lowest BCUT2D eigenvalue weighted by atomic mass is 9.99. The van der Waals surface area contributed by atoms with Crippen LogP contribution in [0, 0.1) is 13.8 Å². The molecule has 1 rings (SSSR count). The second-order valence-corrected chi connectivity index (χ2v) is 5.30. The monoisotopic (exact) mass is 292 g/mol. The van der Waals surface area contributed by atoms with Gasteiger partial charge in [-0.3, -0.25) is 5.32 Å². The Kier molecular flexibility index (Phi) is 7.40. The minimum atomic E-state index is -0.397. The Labute approximate surface area is 128 Å². The van der Waals surface area contributed by atoms with Crippen molar-refractivity contribution in [2.45, 2.75) is 33.7 Å². The van der Waals surface area contributed by atoms with E-state index in [-0.39, 0.29) is 5.97 Å². The molecule has 0 aliphatic carbocycles. The Bertz CT molecular complexity index is 456. The number of nitrogens with one attached hydrogen (secondary N) is 1. The number of carbonyl (C=O) groups excluding carboxylic acids is 1. The van der Waals surface area contributed by atoms with Crippen molar-refractivity contribution < 1.29 is 9.53 Å². The molecule has 0 saturated heterocycles. The summed E-state index contributed by atoms with van der Waals surface area (Å²) in [6.45, 7) is 12.1. The average Bonchev–Trinajstić information content (AvgIpc) is 2.48. The van der Waals surface area contributed by atoms with E-state index in [1.165, 1.54) is 12.7 Å². The van der Waals surface area contributed by atoms with Crippen molar-refractivity contribution in [3.63, 3.8) is 0 Å². The molecule has 0 radical (unpaired) electrons. The third-order valence-corrected chi connectivity index (χ3v) is 3.84. The van der Waals surface area contributed by atoms with Gasteiger partial charge in [-0.15, -0.1) is 0 Å². The molecular formula is C17H28N2O2. The van der Waals surface area contributed by atoms with Crippen LogP contribution in [0.25, 0.3) is 0 Å². The van der Waals surface area contributed by atoms with Crippen molar-refractivity contribution in [3.05, 3.63) is 34.9 Å². The van der Waals surface area contributed by atoms with Crippen LogP contribution in [0.4, 0.5) is 0 Å². The largest absolute Gasteiger partial charge is 0.468 e. The minimum absolute atomic E-state index is 0.235. The maximum Gasteiger partial charge on any atom is 0.327 e. The highest BCUT2D eigenvalue weighted by molar-refractivity contribution is 5.78. The summed E-state index contributed by atoms with van der Waals surface area (Å²) >= 11 is 0. The zero-order chi connectivity index (χ0) is 15.8. The van der Waals surface area contributed by atoms with Gasteiger partial charge in [-0.2, -0.15) is 0 Å². The number of hydrogen-bond donors (Lipinski definition) is 1. The third kappa shape index (κ3) is 5.14. The van der Waals surface area contributed by atoms with Crippen LogP contribution < -0.4 is 5.32 Å². The van der Waals surface area contributed by atoms with Crippen LogP contribution in [0.2, 0.25) is 0 Å². The molecule has 0 aliphatic rings. The third-order valence-electron chi connectivity index (χ3n) is 3.84. The fraction of sp³-hybridized carbons (Fsp3) is 0.588. The molecule has 0 aliphatic heterocycles. The Hall–Kier alpha value is -1.39. The molecule has 1 aromatic carbocycles. The van der Waals surface area contributed by atoms with Gasteiger partial charge in [-0.05, 0) is 38.1 Å². The predicted molar refractivity (Wildman–Crippen MR) is 86.5 cm³/mol. The standard InChI is InChI=1S/C17H28N2O2/c1-6-19(7-2)11-10-18-16(17(20)21-5)15-9-8-13(3)12-14(15)4/h8-9,12,16,18H,6-7,10-11H2,1-5H3. The van der Waals surface area contributed by atoms with Crippen molar-refractivity contribution >= 4 is 5.97 Å². The highest BCUT2D eigenvalue weighted by Crippen LogP contribution is 2.20. The number of nitrogens with zero attached hydrogens (tertiary/aromatic N) is 1. The van der Waals surface area contributed by atoms with Gasteiger partial charge in [-0.25, -0.2) is 4.79 Å². The van der Waals surface area contributed by atoms with Gasteiger partial charge in [0.25, 0.3) is 0 Å². The van der Waals surface area contributed by atoms with Gasteiger partial charge in [0.15, 0.2) is 0 Å². The Morgan fingerprint density at radius 3 is 2.48 bits per heavy atom. The van der Waals surface area contributed by atoms with Crippen LogP contribution in [-0.2, 0) is 9.53 Å². The van der Waals surface area contributed by atoms with E-state index in [1.54, 1.807) is 0 Å². The quantitative estimate of drug-likeness (QED) is 0.747. The summed E-state index contributed by atoms with van der Waals surface area (Å²) in [5.41, 5.74) is 3.30. The number of carbonyl (C=O) groups is 1. The molecule has 4 heteroatoms.